The molecule has 1 rings (SSSR count). The van der Waals surface area contributed by atoms with E-state index in [-0.39, 0.29) is 20.9 Å². The summed E-state index contributed by atoms with van der Waals surface area (Å²) in [6, 6.07) is 0. The Hall–Kier alpha value is -0.200. The monoisotopic (exact) mass is 319 g/mol. The summed E-state index contributed by atoms with van der Waals surface area (Å²) in [5.74, 6) is -0.0696. The first-order chi connectivity index (χ1) is 8.65. The molecule has 0 radical (unpaired) electrons. The topological polar surface area (TPSA) is 29.5 Å². The lowest BCUT2D eigenvalue weighted by atomic mass is 10.1. The van der Waals surface area contributed by atoms with E-state index in [1.54, 1.807) is 11.8 Å². The zero-order valence-electron chi connectivity index (χ0n) is 12.1. The number of thioether (sulfide) groups is 2. The molecule has 0 saturated carbocycles. The van der Waals surface area contributed by atoms with Crippen molar-refractivity contribution in [3.8, 4) is 0 Å². The second-order valence-electron chi connectivity index (χ2n) is 5.22. The molecule has 1 aliphatic rings. The molecule has 108 valence electrons. The van der Waals surface area contributed by atoms with Gasteiger partial charge in [0.2, 0.25) is 10.3 Å². The van der Waals surface area contributed by atoms with Crippen LogP contribution in [0.2, 0.25) is 0 Å². The van der Waals surface area contributed by atoms with Crippen LogP contribution in [0.5, 0.6) is 0 Å². The number of rotatable bonds is 3. The van der Waals surface area contributed by atoms with Crippen molar-refractivity contribution >= 4 is 46.0 Å². The van der Waals surface area contributed by atoms with Gasteiger partial charge in [0.15, 0.2) is 0 Å². The molecule has 0 aromatic rings. The summed E-state index contributed by atoms with van der Waals surface area (Å²) in [7, 11) is 0. The minimum Gasteiger partial charge on any atom is -0.479 e. The van der Waals surface area contributed by atoms with Gasteiger partial charge in [-0.1, -0.05) is 6.58 Å². The molecule has 1 unspecified atom stereocenters. The number of ether oxygens (including phenoxy) is 1. The summed E-state index contributed by atoms with van der Waals surface area (Å²) in [5.41, 5.74) is 0. The molecule has 1 amide bonds. The zero-order valence-corrected chi connectivity index (χ0v) is 14.5. The van der Waals surface area contributed by atoms with Gasteiger partial charge < -0.3 is 9.64 Å². The third-order valence-corrected chi connectivity index (χ3v) is 6.14. The maximum absolute atomic E-state index is 12.2. The Morgan fingerprint density at radius 1 is 1.53 bits per heavy atom. The molecule has 0 aromatic carbocycles. The van der Waals surface area contributed by atoms with Gasteiger partial charge in [0.1, 0.15) is 5.37 Å². The van der Waals surface area contributed by atoms with E-state index in [9.17, 15) is 4.79 Å². The van der Waals surface area contributed by atoms with Gasteiger partial charge in [-0.05, 0) is 64.7 Å². The van der Waals surface area contributed by atoms with Crippen molar-refractivity contribution in [1.82, 2.24) is 4.90 Å². The van der Waals surface area contributed by atoms with Gasteiger partial charge in [-0.2, -0.15) is 0 Å². The normalized spacial score (nSPS) is 24.1. The summed E-state index contributed by atoms with van der Waals surface area (Å²) in [6.07, 6.45) is 1.36. The molecule has 1 atom stereocenters. The van der Waals surface area contributed by atoms with Crippen molar-refractivity contribution in [2.75, 3.05) is 6.61 Å². The molecular formula is C13H21NO2S3. The maximum atomic E-state index is 12.2. The van der Waals surface area contributed by atoms with Crippen LogP contribution in [0.1, 0.15) is 34.6 Å². The van der Waals surface area contributed by atoms with Crippen LogP contribution in [0.15, 0.2) is 12.7 Å². The lowest BCUT2D eigenvalue weighted by Crippen LogP contribution is -2.47. The zero-order chi connectivity index (χ0) is 14.8. The molecular weight excluding hydrogens is 298 g/mol. The molecule has 1 heterocycles. The number of thiocarbonyl (C=S) groups is 1. The number of amides is 1. The second kappa shape index (κ2) is 6.06. The number of carbonyl (C=O) groups excluding carboxylic acids is 1. The van der Waals surface area contributed by atoms with Gasteiger partial charge in [0.05, 0.1) is 11.5 Å². The van der Waals surface area contributed by atoms with Crippen molar-refractivity contribution in [3.05, 3.63) is 12.7 Å². The molecule has 1 saturated heterocycles. The van der Waals surface area contributed by atoms with Crippen molar-refractivity contribution < 1.29 is 9.53 Å². The highest BCUT2D eigenvalue weighted by atomic mass is 32.2. The average molecular weight is 320 g/mol. The molecule has 0 N–H and O–H groups in total. The summed E-state index contributed by atoms with van der Waals surface area (Å²) < 4.78 is 5.73. The van der Waals surface area contributed by atoms with E-state index < -0.39 is 0 Å². The Bertz CT molecular complexity index is 393. The van der Waals surface area contributed by atoms with Gasteiger partial charge in [-0.25, -0.2) is 0 Å². The molecule has 0 spiro atoms. The Kier molecular flexibility index (Phi) is 5.37. The standard InChI is InChI=1S/C13H21NO2S3/c1-7-9(15)14-10(18-11(17)16-8-2)12(3,4)19-13(14,5)6/h7,10H,1,8H2,2-6H3. The average Bonchev–Trinajstić information content (AvgIpc) is 2.43. The minimum absolute atomic E-state index is 0.0583. The van der Waals surface area contributed by atoms with Crippen molar-refractivity contribution in [3.63, 3.8) is 0 Å². The molecule has 19 heavy (non-hydrogen) atoms. The van der Waals surface area contributed by atoms with E-state index in [4.69, 9.17) is 17.0 Å². The molecule has 6 heteroatoms. The van der Waals surface area contributed by atoms with Crippen molar-refractivity contribution in [2.45, 2.75) is 49.6 Å². The summed E-state index contributed by atoms with van der Waals surface area (Å²) in [6.45, 7) is 14.4. The van der Waals surface area contributed by atoms with E-state index in [1.807, 2.05) is 25.7 Å². The first kappa shape index (κ1) is 16.9. The molecule has 0 bridgehead atoms. The summed E-state index contributed by atoms with van der Waals surface area (Å²) in [4.78, 5) is 13.7. The SMILES string of the molecule is C=CC(=O)N1C(SC(=S)OCC)C(C)(C)SC1(C)C. The lowest BCUT2D eigenvalue weighted by Gasteiger charge is -2.34. The number of carbonyl (C=O) groups is 1. The summed E-state index contributed by atoms with van der Waals surface area (Å²) >= 11 is 8.42. The third kappa shape index (κ3) is 3.67. The highest BCUT2D eigenvalue weighted by Crippen LogP contribution is 2.54. The van der Waals surface area contributed by atoms with E-state index in [1.165, 1.54) is 17.8 Å². The fraction of sp³-hybridized carbons (Fsp3) is 0.692. The Morgan fingerprint density at radius 2 is 2.11 bits per heavy atom. The smallest absolute Gasteiger partial charge is 0.248 e. The van der Waals surface area contributed by atoms with Gasteiger partial charge in [0.25, 0.3) is 0 Å². The predicted octanol–water partition coefficient (Wildman–Crippen LogP) is 3.64. The van der Waals surface area contributed by atoms with Crippen LogP contribution in [-0.2, 0) is 9.53 Å². The molecule has 1 fully saturated rings. The molecule has 3 nitrogen and oxygen atoms in total. The van der Waals surface area contributed by atoms with Crippen LogP contribution in [0.25, 0.3) is 0 Å². The van der Waals surface area contributed by atoms with Crippen molar-refractivity contribution in [2.24, 2.45) is 0 Å². The van der Waals surface area contributed by atoms with Crippen molar-refractivity contribution in [1.29, 1.82) is 0 Å². The summed E-state index contributed by atoms with van der Waals surface area (Å²) in [5, 5.41) is -0.0583. The van der Waals surface area contributed by atoms with E-state index in [0.717, 1.165) is 0 Å². The fourth-order valence-corrected chi connectivity index (χ4v) is 5.91. The fourth-order valence-electron chi connectivity index (χ4n) is 2.25. The number of hydrogen-bond donors (Lipinski definition) is 0. The van der Waals surface area contributed by atoms with Crippen LogP contribution in [0.4, 0.5) is 0 Å². The van der Waals surface area contributed by atoms with E-state index in [2.05, 4.69) is 20.4 Å². The van der Waals surface area contributed by atoms with Crippen LogP contribution in [0, 0.1) is 0 Å². The largest absolute Gasteiger partial charge is 0.479 e. The van der Waals surface area contributed by atoms with Gasteiger partial charge in [-0.15, -0.1) is 11.8 Å². The van der Waals surface area contributed by atoms with Gasteiger partial charge >= 0.3 is 0 Å². The molecule has 0 aliphatic carbocycles. The lowest BCUT2D eigenvalue weighted by molar-refractivity contribution is -0.128. The highest BCUT2D eigenvalue weighted by Gasteiger charge is 2.54. The highest BCUT2D eigenvalue weighted by molar-refractivity contribution is 8.23. The number of hydrogen-bond acceptors (Lipinski definition) is 5. The Balaban J connectivity index is 3.04. The Labute approximate surface area is 129 Å². The molecule has 1 aliphatic heterocycles. The van der Waals surface area contributed by atoms with Crippen LogP contribution < -0.4 is 0 Å². The predicted molar refractivity (Wildman–Crippen MR) is 88.4 cm³/mol. The molecule has 0 aromatic heterocycles. The van der Waals surface area contributed by atoms with Gasteiger partial charge in [0, 0.05) is 4.75 Å². The van der Waals surface area contributed by atoms with Crippen LogP contribution in [-0.4, -0.2) is 36.8 Å². The Morgan fingerprint density at radius 3 is 2.58 bits per heavy atom. The first-order valence-corrected chi connectivity index (χ1v) is 8.25. The minimum atomic E-state index is -0.283. The third-order valence-electron chi connectivity index (χ3n) is 2.80. The van der Waals surface area contributed by atoms with Gasteiger partial charge in [-0.3, -0.25) is 4.79 Å². The van der Waals surface area contributed by atoms with Crippen LogP contribution in [0.3, 0.4) is 0 Å². The van der Waals surface area contributed by atoms with Crippen LogP contribution >= 0.6 is 35.7 Å². The second-order valence-corrected chi connectivity index (χ2v) is 9.16. The maximum Gasteiger partial charge on any atom is 0.248 e. The first-order valence-electron chi connectivity index (χ1n) is 6.15. The van der Waals surface area contributed by atoms with E-state index in [0.29, 0.717) is 11.0 Å². The number of nitrogens with zero attached hydrogens (tertiary/aromatic N) is 1. The quantitative estimate of drug-likeness (QED) is 0.585. The van der Waals surface area contributed by atoms with E-state index >= 15 is 0 Å².